The van der Waals surface area contributed by atoms with Gasteiger partial charge in [-0.15, -0.1) is 0 Å². The summed E-state index contributed by atoms with van der Waals surface area (Å²) in [5.74, 6) is -0.954. The van der Waals surface area contributed by atoms with Gasteiger partial charge in [-0.3, -0.25) is 14.4 Å². The molecule has 6 nitrogen and oxygen atoms in total. The zero-order valence-corrected chi connectivity index (χ0v) is 49.7. The van der Waals surface area contributed by atoms with Crippen molar-refractivity contribution < 1.29 is 28.6 Å². The van der Waals surface area contributed by atoms with Crippen molar-refractivity contribution in [2.45, 2.75) is 303 Å². The molecule has 0 heterocycles. The maximum absolute atomic E-state index is 12.8. The van der Waals surface area contributed by atoms with Crippen molar-refractivity contribution >= 4 is 17.9 Å². The molecule has 0 fully saturated rings. The molecule has 1 unspecified atom stereocenters. The number of allylic oxidation sites excluding steroid dienone is 18. The fraction of sp³-hybridized carbons (Fsp3) is 0.700. The minimum absolute atomic E-state index is 0.0975. The highest BCUT2D eigenvalue weighted by Crippen LogP contribution is 2.17. The van der Waals surface area contributed by atoms with Crippen molar-refractivity contribution in [3.63, 3.8) is 0 Å². The van der Waals surface area contributed by atoms with E-state index in [1.54, 1.807) is 0 Å². The van der Waals surface area contributed by atoms with E-state index in [2.05, 4.69) is 130 Å². The molecule has 434 valence electrons. The number of rotatable bonds is 57. The van der Waals surface area contributed by atoms with Gasteiger partial charge in [0.15, 0.2) is 6.10 Å². The van der Waals surface area contributed by atoms with Crippen LogP contribution in [-0.4, -0.2) is 37.2 Å². The lowest BCUT2D eigenvalue weighted by Gasteiger charge is -2.18. The van der Waals surface area contributed by atoms with Gasteiger partial charge in [-0.05, 0) is 96.3 Å². The maximum Gasteiger partial charge on any atom is 0.306 e. The van der Waals surface area contributed by atoms with E-state index in [0.717, 1.165) is 103 Å². The summed E-state index contributed by atoms with van der Waals surface area (Å²) in [7, 11) is 0. The highest BCUT2D eigenvalue weighted by atomic mass is 16.6. The van der Waals surface area contributed by atoms with E-state index >= 15 is 0 Å². The van der Waals surface area contributed by atoms with Crippen LogP contribution in [0.4, 0.5) is 0 Å². The number of hydrogen-bond donors (Lipinski definition) is 0. The summed E-state index contributed by atoms with van der Waals surface area (Å²) in [6.07, 6.45) is 87.1. The van der Waals surface area contributed by atoms with Crippen molar-refractivity contribution in [3.05, 3.63) is 109 Å². The average Bonchev–Trinajstić information content (AvgIpc) is 3.42. The third-order valence-corrected chi connectivity index (χ3v) is 13.5. The standard InChI is InChI=1S/C70H118O6/c1-4-7-10-13-16-19-21-23-25-27-28-29-30-31-32-33-34-35-36-37-38-39-40-41-42-44-45-47-49-51-54-57-60-63-69(72)75-66-67(65-74-68(71)62-59-56-53-18-15-12-9-6-3)76-70(73)64-61-58-55-52-50-48-46-43-26-24-22-20-17-14-11-8-5-2/h7-8,10-11,16-17,19-20,23-26,28-29,46,48,52,55,67H,4-6,9,12-15,18,21-22,27,30-45,47,49-51,53-54,56-66H2,1-3H3/b10-7-,11-8-,19-16-,20-17-,25-23-,26-24-,29-28-,48-46-,55-52-. The Kier molecular flexibility index (Phi) is 60.3. The summed E-state index contributed by atoms with van der Waals surface area (Å²) in [4.78, 5) is 38.0. The van der Waals surface area contributed by atoms with Crippen molar-refractivity contribution in [2.24, 2.45) is 0 Å². The molecule has 0 bridgehead atoms. The van der Waals surface area contributed by atoms with E-state index in [1.165, 1.54) is 148 Å². The number of unbranched alkanes of at least 4 members (excludes halogenated alkanes) is 28. The lowest BCUT2D eigenvalue weighted by molar-refractivity contribution is -0.167. The van der Waals surface area contributed by atoms with Crippen LogP contribution in [0.25, 0.3) is 0 Å². The number of carbonyl (C=O) groups excluding carboxylic acids is 3. The van der Waals surface area contributed by atoms with E-state index in [1.807, 2.05) is 0 Å². The zero-order chi connectivity index (χ0) is 55.0. The van der Waals surface area contributed by atoms with Crippen molar-refractivity contribution in [1.82, 2.24) is 0 Å². The first-order chi connectivity index (χ1) is 37.5. The second-order valence-electron chi connectivity index (χ2n) is 20.9. The highest BCUT2D eigenvalue weighted by molar-refractivity contribution is 5.71. The van der Waals surface area contributed by atoms with Gasteiger partial charge in [-0.2, -0.15) is 0 Å². The Labute approximate surface area is 470 Å². The Hall–Kier alpha value is -3.93. The molecule has 0 aliphatic carbocycles. The van der Waals surface area contributed by atoms with Gasteiger partial charge in [0.05, 0.1) is 0 Å². The molecule has 0 saturated heterocycles. The van der Waals surface area contributed by atoms with Crippen LogP contribution in [0.15, 0.2) is 109 Å². The van der Waals surface area contributed by atoms with Crippen molar-refractivity contribution in [1.29, 1.82) is 0 Å². The first-order valence-electron chi connectivity index (χ1n) is 31.9. The number of carbonyl (C=O) groups is 3. The molecule has 0 aromatic carbocycles. The van der Waals surface area contributed by atoms with E-state index in [4.69, 9.17) is 14.2 Å². The summed E-state index contributed by atoms with van der Waals surface area (Å²) in [6, 6.07) is 0. The normalized spacial score (nSPS) is 12.8. The summed E-state index contributed by atoms with van der Waals surface area (Å²) >= 11 is 0. The third kappa shape index (κ3) is 60.9. The molecule has 6 heteroatoms. The van der Waals surface area contributed by atoms with Gasteiger partial charge < -0.3 is 14.2 Å². The Morgan fingerprint density at radius 2 is 0.526 bits per heavy atom. The van der Waals surface area contributed by atoms with Gasteiger partial charge in [-0.1, -0.05) is 291 Å². The van der Waals surface area contributed by atoms with Crippen LogP contribution in [0, 0.1) is 0 Å². The van der Waals surface area contributed by atoms with Crippen LogP contribution in [0.3, 0.4) is 0 Å². The smallest absolute Gasteiger partial charge is 0.306 e. The topological polar surface area (TPSA) is 78.9 Å². The Morgan fingerprint density at radius 1 is 0.276 bits per heavy atom. The van der Waals surface area contributed by atoms with Crippen LogP contribution in [0.5, 0.6) is 0 Å². The fourth-order valence-corrected chi connectivity index (χ4v) is 8.82. The Morgan fingerprint density at radius 3 is 0.842 bits per heavy atom. The van der Waals surface area contributed by atoms with Crippen LogP contribution in [0.2, 0.25) is 0 Å². The van der Waals surface area contributed by atoms with Crippen LogP contribution in [-0.2, 0) is 28.6 Å². The summed E-state index contributed by atoms with van der Waals surface area (Å²) in [6.45, 7) is 6.35. The molecule has 0 amide bonds. The summed E-state index contributed by atoms with van der Waals surface area (Å²) in [5.41, 5.74) is 0. The van der Waals surface area contributed by atoms with Crippen molar-refractivity contribution in [3.8, 4) is 0 Å². The van der Waals surface area contributed by atoms with Crippen LogP contribution >= 0.6 is 0 Å². The first-order valence-corrected chi connectivity index (χ1v) is 31.9. The first kappa shape index (κ1) is 72.1. The second kappa shape index (κ2) is 63.6. The van der Waals surface area contributed by atoms with Gasteiger partial charge in [0.2, 0.25) is 0 Å². The second-order valence-corrected chi connectivity index (χ2v) is 20.9. The largest absolute Gasteiger partial charge is 0.462 e. The molecule has 0 radical (unpaired) electrons. The van der Waals surface area contributed by atoms with Crippen LogP contribution in [0.1, 0.15) is 297 Å². The number of ether oxygens (including phenoxy) is 3. The lowest BCUT2D eigenvalue weighted by atomic mass is 10.0. The average molecular weight is 1060 g/mol. The maximum atomic E-state index is 12.8. The Bertz CT molecular complexity index is 1540. The summed E-state index contributed by atoms with van der Waals surface area (Å²) < 4.78 is 16.8. The molecule has 0 rings (SSSR count). The van der Waals surface area contributed by atoms with E-state index in [0.29, 0.717) is 19.3 Å². The molecular weight excluding hydrogens is 937 g/mol. The van der Waals surface area contributed by atoms with E-state index < -0.39 is 6.10 Å². The van der Waals surface area contributed by atoms with Gasteiger partial charge in [0.1, 0.15) is 13.2 Å². The molecule has 1 atom stereocenters. The zero-order valence-electron chi connectivity index (χ0n) is 49.7. The van der Waals surface area contributed by atoms with Gasteiger partial charge in [-0.25, -0.2) is 0 Å². The van der Waals surface area contributed by atoms with Gasteiger partial charge >= 0.3 is 17.9 Å². The minimum Gasteiger partial charge on any atom is -0.462 e. The van der Waals surface area contributed by atoms with Gasteiger partial charge in [0.25, 0.3) is 0 Å². The molecular formula is C70H118O6. The quantitative estimate of drug-likeness (QED) is 0.0261. The molecule has 0 N–H and O–H groups in total. The van der Waals surface area contributed by atoms with E-state index in [9.17, 15) is 14.4 Å². The number of hydrogen-bond acceptors (Lipinski definition) is 6. The molecule has 76 heavy (non-hydrogen) atoms. The van der Waals surface area contributed by atoms with E-state index in [-0.39, 0.29) is 37.5 Å². The molecule has 0 aromatic heterocycles. The highest BCUT2D eigenvalue weighted by Gasteiger charge is 2.19. The number of esters is 3. The Balaban J connectivity index is 4.09. The lowest BCUT2D eigenvalue weighted by Crippen LogP contribution is -2.30. The minimum atomic E-state index is -0.804. The van der Waals surface area contributed by atoms with Crippen molar-refractivity contribution in [2.75, 3.05) is 13.2 Å². The predicted octanol–water partition coefficient (Wildman–Crippen LogP) is 21.8. The monoisotopic (exact) mass is 1050 g/mol. The molecule has 0 aliphatic heterocycles. The summed E-state index contributed by atoms with van der Waals surface area (Å²) in [5, 5.41) is 0. The molecule has 0 aliphatic rings. The predicted molar refractivity (Wildman–Crippen MR) is 330 cm³/mol. The molecule has 0 spiro atoms. The fourth-order valence-electron chi connectivity index (χ4n) is 8.82. The van der Waals surface area contributed by atoms with Gasteiger partial charge in [0, 0.05) is 19.3 Å². The molecule has 0 saturated carbocycles. The molecule has 0 aromatic rings. The SMILES string of the molecule is CC/C=C\C/C=C\C/C=C\C/C=C\C/C=C\CCCC(=O)OC(COC(=O)CCCCCCCCCC)COC(=O)CCCCCCCCCCCCCCCCCCCCCC/C=C\C/C=C\C/C=C\C/C=C\CC. The van der Waals surface area contributed by atoms with Crippen LogP contribution < -0.4 is 0 Å². The third-order valence-electron chi connectivity index (χ3n) is 13.5.